The van der Waals surface area contributed by atoms with Crippen molar-refractivity contribution in [1.29, 1.82) is 0 Å². The Kier molecular flexibility index (Phi) is 10.4. The van der Waals surface area contributed by atoms with E-state index in [0.29, 0.717) is 36.5 Å². The molecule has 2 fully saturated rings. The molecular formula is C33H42F3N7O4. The summed E-state index contributed by atoms with van der Waals surface area (Å²) in [4.78, 5) is 41.0. The van der Waals surface area contributed by atoms with Gasteiger partial charge in [-0.3, -0.25) is 14.6 Å². The lowest BCUT2D eigenvalue weighted by Crippen LogP contribution is -2.57. The van der Waals surface area contributed by atoms with Crippen molar-refractivity contribution in [2.75, 3.05) is 53.0 Å². The molecule has 0 aliphatic carbocycles. The lowest BCUT2D eigenvalue weighted by Gasteiger charge is -2.46. The zero-order chi connectivity index (χ0) is 33.8. The molecule has 5 rings (SSSR count). The van der Waals surface area contributed by atoms with E-state index in [-0.39, 0.29) is 50.1 Å². The van der Waals surface area contributed by atoms with E-state index in [9.17, 15) is 22.8 Å². The summed E-state index contributed by atoms with van der Waals surface area (Å²) in [5.41, 5.74) is -1.32. The van der Waals surface area contributed by atoms with Crippen LogP contribution in [0.2, 0.25) is 0 Å². The molecule has 0 radical (unpaired) electrons. The summed E-state index contributed by atoms with van der Waals surface area (Å²) in [7, 11) is 2.02. The molecule has 2 aromatic heterocycles. The highest BCUT2D eigenvalue weighted by molar-refractivity contribution is 5.96. The van der Waals surface area contributed by atoms with Gasteiger partial charge >= 0.3 is 6.18 Å². The van der Waals surface area contributed by atoms with Gasteiger partial charge in [-0.25, -0.2) is 4.98 Å². The number of nitrogens with one attached hydrogen (secondary N) is 2. The van der Waals surface area contributed by atoms with Gasteiger partial charge in [-0.1, -0.05) is 13.0 Å². The summed E-state index contributed by atoms with van der Waals surface area (Å²) in [5, 5.41) is 6.46. The zero-order valence-electron chi connectivity index (χ0n) is 27.1. The van der Waals surface area contributed by atoms with Crippen LogP contribution in [0.15, 0.2) is 60.2 Å². The lowest BCUT2D eigenvalue weighted by molar-refractivity contribution is -0.141. The van der Waals surface area contributed by atoms with Crippen molar-refractivity contribution in [3.63, 3.8) is 0 Å². The van der Waals surface area contributed by atoms with Crippen LogP contribution in [-0.4, -0.2) is 102 Å². The Bertz CT molecular complexity index is 1500. The van der Waals surface area contributed by atoms with Gasteiger partial charge in [0.2, 0.25) is 5.88 Å². The number of allylic oxidation sites excluding steroid dienone is 1. The number of hydrogen-bond donors (Lipinski definition) is 2. The summed E-state index contributed by atoms with van der Waals surface area (Å²) < 4.78 is 53.4. The molecule has 1 unspecified atom stereocenters. The van der Waals surface area contributed by atoms with Crippen molar-refractivity contribution >= 4 is 11.8 Å². The van der Waals surface area contributed by atoms with Crippen molar-refractivity contribution in [2.45, 2.75) is 57.6 Å². The number of carbonyl (C=O) groups excluding carboxylic acids is 2. The number of dihydropyridines is 1. The van der Waals surface area contributed by atoms with E-state index >= 15 is 0 Å². The zero-order valence-corrected chi connectivity index (χ0v) is 27.1. The van der Waals surface area contributed by atoms with E-state index in [1.165, 1.54) is 11.0 Å². The Balaban J connectivity index is 1.44. The Morgan fingerprint density at radius 1 is 1.11 bits per heavy atom. The van der Waals surface area contributed by atoms with Crippen LogP contribution in [0.25, 0.3) is 0 Å². The molecule has 3 aliphatic rings. The van der Waals surface area contributed by atoms with Gasteiger partial charge in [0, 0.05) is 68.9 Å². The highest BCUT2D eigenvalue weighted by Crippen LogP contribution is 2.35. The van der Waals surface area contributed by atoms with Crippen LogP contribution in [0.5, 0.6) is 5.88 Å². The number of likely N-dealkylation sites (N-methyl/N-ethyl adjacent to an activating group) is 1. The number of alkyl halides is 3. The topological polar surface area (TPSA) is 112 Å². The molecule has 5 heterocycles. The highest BCUT2D eigenvalue weighted by Gasteiger charge is 2.42. The molecule has 0 aromatic carbocycles. The average Bonchev–Trinajstić information content (AvgIpc) is 3.07. The smallest absolute Gasteiger partial charge is 0.434 e. The summed E-state index contributed by atoms with van der Waals surface area (Å²) in [6.45, 7) is 7.97. The molecule has 2 saturated heterocycles. The minimum absolute atomic E-state index is 0.137. The SMILES string of the molecule is CCOc1ccc(C(=O)N2CCN(C3=C(C(=O)NC[C@@H]4CCN4C)NC(OCC)(c4cccnc4)C=C3)[C@H](CC)C2)c(C(F)(F)F)n1. The number of likely N-dealkylation sites (tertiary alicyclic amines) is 1. The van der Waals surface area contributed by atoms with Gasteiger partial charge in [-0.05, 0) is 64.6 Å². The number of rotatable bonds is 11. The molecule has 14 heteroatoms. The summed E-state index contributed by atoms with van der Waals surface area (Å²) >= 11 is 0. The number of aromatic nitrogens is 2. The number of carbonyl (C=O) groups is 2. The van der Waals surface area contributed by atoms with Gasteiger partial charge in [-0.2, -0.15) is 13.2 Å². The number of pyridine rings is 2. The molecule has 0 spiro atoms. The predicted octanol–water partition coefficient (Wildman–Crippen LogP) is 3.51. The molecule has 2 amide bonds. The van der Waals surface area contributed by atoms with E-state index < -0.39 is 29.1 Å². The minimum Gasteiger partial charge on any atom is -0.478 e. The van der Waals surface area contributed by atoms with Crippen LogP contribution < -0.4 is 15.4 Å². The maximum absolute atomic E-state index is 14.0. The van der Waals surface area contributed by atoms with E-state index in [1.807, 2.05) is 44.0 Å². The van der Waals surface area contributed by atoms with Gasteiger partial charge in [-0.15, -0.1) is 0 Å². The van der Waals surface area contributed by atoms with Crippen LogP contribution in [0.4, 0.5) is 13.2 Å². The van der Waals surface area contributed by atoms with E-state index in [2.05, 4.69) is 25.5 Å². The van der Waals surface area contributed by atoms with Gasteiger partial charge < -0.3 is 34.8 Å². The van der Waals surface area contributed by atoms with E-state index in [4.69, 9.17) is 9.47 Å². The van der Waals surface area contributed by atoms with E-state index in [0.717, 1.165) is 19.0 Å². The molecule has 47 heavy (non-hydrogen) atoms. The second-order valence-electron chi connectivity index (χ2n) is 11.7. The summed E-state index contributed by atoms with van der Waals surface area (Å²) in [5.74, 6) is -1.26. The molecule has 11 nitrogen and oxygen atoms in total. The fourth-order valence-electron chi connectivity index (χ4n) is 6.19. The maximum atomic E-state index is 14.0. The van der Waals surface area contributed by atoms with Gasteiger partial charge in [0.15, 0.2) is 11.4 Å². The highest BCUT2D eigenvalue weighted by atomic mass is 19.4. The second kappa shape index (κ2) is 14.3. The Morgan fingerprint density at radius 3 is 2.53 bits per heavy atom. The fraction of sp³-hybridized carbons (Fsp3) is 0.515. The summed E-state index contributed by atoms with van der Waals surface area (Å²) in [6.07, 6.45) is 3.75. The normalized spacial score (nSPS) is 23.3. The first-order valence-electron chi connectivity index (χ1n) is 16.0. The number of halogens is 3. The Labute approximate surface area is 272 Å². The molecule has 0 bridgehead atoms. The van der Waals surface area contributed by atoms with Crippen LogP contribution in [-0.2, 0) is 21.4 Å². The van der Waals surface area contributed by atoms with Crippen LogP contribution in [0.3, 0.4) is 0 Å². The number of ether oxygens (including phenoxy) is 2. The summed E-state index contributed by atoms with van der Waals surface area (Å²) in [6, 6.07) is 6.02. The molecule has 254 valence electrons. The largest absolute Gasteiger partial charge is 0.478 e. The quantitative estimate of drug-likeness (QED) is 0.375. The van der Waals surface area contributed by atoms with E-state index in [1.54, 1.807) is 25.4 Å². The number of amides is 2. The van der Waals surface area contributed by atoms with Crippen LogP contribution >= 0.6 is 0 Å². The van der Waals surface area contributed by atoms with Gasteiger partial charge in [0.25, 0.3) is 11.8 Å². The molecule has 3 atom stereocenters. The number of piperazine rings is 1. The molecular weight excluding hydrogens is 615 g/mol. The lowest BCUT2D eigenvalue weighted by atomic mass is 9.97. The molecule has 3 aliphatic heterocycles. The Hall–Kier alpha value is -4.17. The van der Waals surface area contributed by atoms with Gasteiger partial charge in [0.1, 0.15) is 5.70 Å². The van der Waals surface area contributed by atoms with Crippen molar-refractivity contribution in [3.8, 4) is 5.88 Å². The monoisotopic (exact) mass is 657 g/mol. The fourth-order valence-corrected chi connectivity index (χ4v) is 6.19. The minimum atomic E-state index is -4.84. The predicted molar refractivity (Wildman–Crippen MR) is 168 cm³/mol. The first-order chi connectivity index (χ1) is 22.5. The third kappa shape index (κ3) is 7.23. The third-order valence-corrected chi connectivity index (χ3v) is 8.88. The average molecular weight is 658 g/mol. The Morgan fingerprint density at radius 2 is 1.91 bits per heavy atom. The van der Waals surface area contributed by atoms with Crippen molar-refractivity contribution in [1.82, 2.24) is 35.3 Å². The van der Waals surface area contributed by atoms with Crippen molar-refractivity contribution in [3.05, 3.63) is 77.0 Å². The maximum Gasteiger partial charge on any atom is 0.434 e. The van der Waals surface area contributed by atoms with Crippen LogP contribution in [0, 0.1) is 0 Å². The van der Waals surface area contributed by atoms with Crippen LogP contribution in [0.1, 0.15) is 55.2 Å². The number of hydrogen-bond acceptors (Lipinski definition) is 9. The standard InChI is InChI=1S/C33H42F3N7O4/c1-5-23-21-42(31(45)25-10-11-27(46-6-2)39-29(25)33(34,35)36)17-18-43(23)26-12-14-32(47-7-3,22-9-8-15-37-19-22)40-28(26)30(44)38-20-24-13-16-41(24)4/h8-12,14-15,19,23-24,40H,5-7,13,16-18,20-21H2,1-4H3,(H,38,44)/t23-,24+,32?/m1/s1. The first kappa shape index (κ1) is 34.2. The molecule has 0 saturated carbocycles. The van der Waals surface area contributed by atoms with Crippen molar-refractivity contribution < 1.29 is 32.2 Å². The number of nitrogens with zero attached hydrogens (tertiary/aromatic N) is 5. The molecule has 2 N–H and O–H groups in total. The molecule has 2 aromatic rings. The second-order valence-corrected chi connectivity index (χ2v) is 11.7. The first-order valence-corrected chi connectivity index (χ1v) is 16.0. The van der Waals surface area contributed by atoms with Gasteiger partial charge in [0.05, 0.1) is 17.9 Å². The third-order valence-electron chi connectivity index (χ3n) is 8.88. The van der Waals surface area contributed by atoms with Crippen molar-refractivity contribution in [2.24, 2.45) is 0 Å².